The van der Waals surface area contributed by atoms with Crippen molar-refractivity contribution in [2.45, 2.75) is 224 Å². The predicted octanol–water partition coefficient (Wildman–Crippen LogP) is 9.40. The second-order valence-electron chi connectivity index (χ2n) is 17.4. The monoisotopic (exact) mass is 1050 g/mol. The van der Waals surface area contributed by atoms with Gasteiger partial charge < -0.3 is 49.3 Å². The van der Waals surface area contributed by atoms with Crippen molar-refractivity contribution in [2.75, 3.05) is 13.2 Å². The fourth-order valence-electron chi connectivity index (χ4n) is 7.40. The van der Waals surface area contributed by atoms with Gasteiger partial charge >= 0.3 is 35.4 Å². The second-order valence-corrected chi connectivity index (χ2v) is 21.2. The Labute approximate surface area is 410 Å². The van der Waals surface area contributed by atoms with Gasteiger partial charge in [-0.15, -0.1) is 0 Å². The Morgan fingerprint density at radius 1 is 0.464 bits per heavy atom. The Bertz CT molecular complexity index is 1630. The highest BCUT2D eigenvalue weighted by atomic mass is 31.2. The lowest BCUT2D eigenvalue weighted by Gasteiger charge is -2.44. The van der Waals surface area contributed by atoms with E-state index in [2.05, 4.69) is 53.3 Å². The molecule has 8 N–H and O–H groups in total. The first-order valence-electron chi connectivity index (χ1n) is 24.9. The highest BCUT2D eigenvalue weighted by Crippen LogP contribution is 2.51. The van der Waals surface area contributed by atoms with Crippen molar-refractivity contribution in [2.24, 2.45) is 0 Å². The zero-order valence-corrected chi connectivity index (χ0v) is 43.6. The molecule has 0 aromatic carbocycles. The molecule has 0 spiro atoms. The molecule has 8 atom stereocenters. The van der Waals surface area contributed by atoms with Gasteiger partial charge in [0.2, 0.25) is 0 Å². The minimum Gasteiger partial charge on any atom is -0.462 e. The third-order valence-electron chi connectivity index (χ3n) is 11.1. The highest BCUT2D eigenvalue weighted by Gasteiger charge is 2.56. The maximum atomic E-state index is 13.1. The summed E-state index contributed by atoms with van der Waals surface area (Å²) >= 11 is 0. The first-order valence-corrected chi connectivity index (χ1v) is 29.5. The van der Waals surface area contributed by atoms with E-state index in [4.69, 9.17) is 18.5 Å². The Morgan fingerprint density at radius 3 is 1.33 bits per heavy atom. The van der Waals surface area contributed by atoms with Crippen LogP contribution in [0.4, 0.5) is 0 Å². The lowest BCUT2D eigenvalue weighted by atomic mass is 9.85. The fourth-order valence-corrected chi connectivity index (χ4v) is 9.50. The quantitative estimate of drug-likeness (QED) is 0.0122. The molecule has 0 aromatic heterocycles. The number of rotatable bonds is 42. The molecule has 3 unspecified atom stereocenters. The Kier molecular flexibility index (Phi) is 36.5. The third-order valence-corrected chi connectivity index (χ3v) is 13.2. The third kappa shape index (κ3) is 35.0. The van der Waals surface area contributed by atoms with Crippen molar-refractivity contribution in [1.29, 1.82) is 0 Å². The van der Waals surface area contributed by atoms with Gasteiger partial charge in [0.05, 0.1) is 6.61 Å². The summed E-state index contributed by atoms with van der Waals surface area (Å²) in [5, 5.41) is 31.9. The van der Waals surface area contributed by atoms with E-state index in [1.165, 1.54) is 83.5 Å². The van der Waals surface area contributed by atoms with Gasteiger partial charge in [0.25, 0.3) is 0 Å². The summed E-state index contributed by atoms with van der Waals surface area (Å²) in [6.07, 6.45) is 25.6. The van der Waals surface area contributed by atoms with Crippen molar-refractivity contribution in [3.05, 3.63) is 48.6 Å². The molecule has 1 fully saturated rings. The number of carbonyl (C=O) groups is 2. The second kappa shape index (κ2) is 38.7. The molecule has 0 aromatic rings. The zero-order valence-electron chi connectivity index (χ0n) is 40.9. The lowest BCUT2D eigenvalue weighted by molar-refractivity contribution is -0.213. The molecule has 0 heterocycles. The minimum atomic E-state index is -5.61. The van der Waals surface area contributed by atoms with E-state index in [0.717, 1.165) is 44.9 Å². The molecule has 402 valence electrons. The summed E-state index contributed by atoms with van der Waals surface area (Å²) in [4.78, 5) is 73.3. The maximum absolute atomic E-state index is 13.1. The summed E-state index contributed by atoms with van der Waals surface area (Å²) in [5.41, 5.74) is 0. The number of ether oxygens (including phenoxy) is 2. The van der Waals surface area contributed by atoms with E-state index in [1.807, 2.05) is 18.2 Å². The van der Waals surface area contributed by atoms with Crippen LogP contribution in [0.3, 0.4) is 0 Å². The molecule has 1 saturated carbocycles. The van der Waals surface area contributed by atoms with Crippen molar-refractivity contribution in [1.82, 2.24) is 0 Å². The molecule has 1 rings (SSSR count). The first kappa shape index (κ1) is 65.1. The molecule has 19 nitrogen and oxygen atoms in total. The van der Waals surface area contributed by atoms with Crippen LogP contribution in [0.15, 0.2) is 48.6 Å². The number of carbonyl (C=O) groups excluding carboxylic acids is 2. The van der Waals surface area contributed by atoms with E-state index in [0.29, 0.717) is 25.7 Å². The number of aliphatic hydroxyl groups excluding tert-OH is 3. The van der Waals surface area contributed by atoms with Gasteiger partial charge in [-0.1, -0.05) is 165 Å². The summed E-state index contributed by atoms with van der Waals surface area (Å²) in [5.74, 6) is -1.36. The van der Waals surface area contributed by atoms with Gasteiger partial charge in [0.15, 0.2) is 6.10 Å². The van der Waals surface area contributed by atoms with Gasteiger partial charge in [-0.25, -0.2) is 13.7 Å². The number of phosphoric acid groups is 3. The molecule has 0 radical (unpaired) electrons. The number of hydrogen-bond donors (Lipinski definition) is 8. The van der Waals surface area contributed by atoms with E-state index in [-0.39, 0.29) is 12.8 Å². The predicted molar refractivity (Wildman–Crippen MR) is 261 cm³/mol. The maximum Gasteiger partial charge on any atom is 0.472 e. The number of unbranched alkanes of at least 4 members (excludes halogenated alkanes) is 18. The molecular weight excluding hydrogens is 961 g/mol. The molecule has 0 amide bonds. The minimum absolute atomic E-state index is 0.0703. The molecule has 1 aliphatic rings. The van der Waals surface area contributed by atoms with Crippen molar-refractivity contribution in [3.63, 3.8) is 0 Å². The van der Waals surface area contributed by atoms with Crippen LogP contribution in [-0.4, -0.2) is 108 Å². The average Bonchev–Trinajstić information content (AvgIpc) is 3.28. The zero-order chi connectivity index (χ0) is 51.4. The number of allylic oxidation sites excluding steroid dienone is 8. The van der Waals surface area contributed by atoms with Crippen LogP contribution >= 0.6 is 23.5 Å². The van der Waals surface area contributed by atoms with Crippen molar-refractivity contribution < 1.29 is 90.6 Å². The van der Waals surface area contributed by atoms with Crippen LogP contribution in [-0.2, 0) is 50.9 Å². The molecule has 0 aliphatic heterocycles. The topological polar surface area (TPSA) is 303 Å². The summed E-state index contributed by atoms with van der Waals surface area (Å²) < 4.78 is 65.5. The van der Waals surface area contributed by atoms with Crippen LogP contribution in [0.1, 0.15) is 181 Å². The number of phosphoric ester groups is 3. The lowest BCUT2D eigenvalue weighted by Crippen LogP contribution is -2.65. The molecule has 1 aliphatic carbocycles. The summed E-state index contributed by atoms with van der Waals surface area (Å²) in [6, 6.07) is 0. The fraction of sp³-hybridized carbons (Fsp3) is 0.787. The van der Waals surface area contributed by atoms with Crippen molar-refractivity contribution in [3.8, 4) is 0 Å². The van der Waals surface area contributed by atoms with Gasteiger partial charge in [-0.2, -0.15) is 0 Å². The number of aliphatic hydroxyl groups is 3. The molecule has 0 bridgehead atoms. The molecular formula is C47H85O19P3. The van der Waals surface area contributed by atoms with E-state index < -0.39 is 91.3 Å². The van der Waals surface area contributed by atoms with Crippen LogP contribution in [0.5, 0.6) is 0 Å². The normalized spacial score (nSPS) is 21.7. The van der Waals surface area contributed by atoms with E-state index in [1.54, 1.807) is 0 Å². The van der Waals surface area contributed by atoms with Gasteiger partial charge in [0, 0.05) is 12.8 Å². The van der Waals surface area contributed by atoms with E-state index in [9.17, 15) is 63.1 Å². The summed E-state index contributed by atoms with van der Waals surface area (Å²) in [7, 11) is -16.6. The number of esters is 2. The largest absolute Gasteiger partial charge is 0.472 e. The Balaban J connectivity index is 2.75. The smallest absolute Gasteiger partial charge is 0.462 e. The highest BCUT2D eigenvalue weighted by molar-refractivity contribution is 7.47. The van der Waals surface area contributed by atoms with Gasteiger partial charge in [0.1, 0.15) is 43.2 Å². The standard InChI is InChI=1S/C47H85O19P3/c1-3-5-7-9-11-13-15-17-19-20-22-24-26-28-30-32-34-36-41(49)63-39(37-61-40(48)35-33-31-29-27-25-23-21-18-16-14-12-10-8-6-4-2)38-62-69(59,60)66-45-42(50)43(51)46(64-67(53,54)55)47(44(45)52)65-68(56,57)58/h11,13,17,19,22,24,28,30,39,42-47,50-52H,3-10,12,14-16,18,20-21,23,25-27,29,31-38H2,1-2H3,(H,59,60)(H2,53,54,55)(H2,56,57,58)/b13-11-,19-17-,24-22-,30-28-/t39?,42-,43+,44+,45?,46-,47-/m1/s1. The van der Waals surface area contributed by atoms with E-state index >= 15 is 0 Å². The van der Waals surface area contributed by atoms with Crippen LogP contribution in [0, 0.1) is 0 Å². The van der Waals surface area contributed by atoms with Crippen LogP contribution in [0.25, 0.3) is 0 Å². The molecule has 22 heteroatoms. The Hall–Kier alpha value is -1.89. The first-order chi connectivity index (χ1) is 32.8. The van der Waals surface area contributed by atoms with Gasteiger partial charge in [-0.3, -0.25) is 27.7 Å². The van der Waals surface area contributed by atoms with Crippen LogP contribution < -0.4 is 0 Å². The summed E-state index contributed by atoms with van der Waals surface area (Å²) in [6.45, 7) is 2.88. The van der Waals surface area contributed by atoms with Gasteiger partial charge in [-0.05, 0) is 51.4 Å². The molecule has 69 heavy (non-hydrogen) atoms. The Morgan fingerprint density at radius 2 is 0.855 bits per heavy atom. The van der Waals surface area contributed by atoms with Crippen LogP contribution in [0.2, 0.25) is 0 Å². The average molecular weight is 1050 g/mol. The number of hydrogen-bond acceptors (Lipinski definition) is 14. The SMILES string of the molecule is CCCCC/C=C\C/C=C\C/C=C\C/C=C\CCCC(=O)OC(COC(=O)CCCCCCCCCCCCCCCCC)COP(=O)(O)OC1[C@H](O)[C@H](O)[C@@H](OP(=O)(O)O)[C@H](OP(=O)(O)O)[C@H]1O. The van der Waals surface area contributed by atoms with Crippen molar-refractivity contribution >= 4 is 35.4 Å². The molecule has 0 saturated heterocycles.